The molecular formula is C32H34Cl2N2O3. The van der Waals surface area contributed by atoms with Crippen LogP contribution >= 0.6 is 23.2 Å². The molecule has 2 heterocycles. The van der Waals surface area contributed by atoms with Crippen LogP contribution in [-0.2, 0) is 14.9 Å². The van der Waals surface area contributed by atoms with Crippen LogP contribution in [0, 0.1) is 0 Å². The van der Waals surface area contributed by atoms with Gasteiger partial charge in [0.1, 0.15) is 0 Å². The molecule has 0 spiro atoms. The van der Waals surface area contributed by atoms with E-state index in [0.29, 0.717) is 35.0 Å². The van der Waals surface area contributed by atoms with Crippen molar-refractivity contribution in [2.45, 2.75) is 43.1 Å². The van der Waals surface area contributed by atoms with E-state index in [9.17, 15) is 9.59 Å². The van der Waals surface area contributed by atoms with Crippen LogP contribution in [-0.4, -0.2) is 61.0 Å². The molecule has 0 aromatic heterocycles. The number of amides is 1. The van der Waals surface area contributed by atoms with E-state index < -0.39 is 5.41 Å². The summed E-state index contributed by atoms with van der Waals surface area (Å²) in [6, 6.07) is 25.4. The molecule has 3 aromatic carbocycles. The third-order valence-corrected chi connectivity index (χ3v) is 9.29. The average molecular weight is 566 g/mol. The maximum absolute atomic E-state index is 13.6. The van der Waals surface area contributed by atoms with Gasteiger partial charge in [0, 0.05) is 30.6 Å². The number of carbonyl (C=O) groups is 2. The van der Waals surface area contributed by atoms with Crippen LogP contribution in [0.1, 0.15) is 53.1 Å². The number of nitrogens with zero attached hydrogens (tertiary/aromatic N) is 2. The van der Waals surface area contributed by atoms with Crippen LogP contribution in [0.4, 0.5) is 0 Å². The second kappa shape index (κ2) is 12.1. The van der Waals surface area contributed by atoms with Crippen LogP contribution in [0.3, 0.4) is 0 Å². The Hall–Kier alpha value is -2.86. The molecule has 0 N–H and O–H groups in total. The van der Waals surface area contributed by atoms with E-state index in [0.717, 1.165) is 43.6 Å². The fourth-order valence-electron chi connectivity index (χ4n) is 6.38. The standard InChI is InChI=1S/C32H34Cl2N2O3/c1-39-31(38)32(25-10-6-3-7-11-25)16-20-35(21-17-32)18-15-29-26(24-12-13-27(33)28(34)22-24)14-19-36(29)30(37)23-8-4-2-5-9-23/h2-13,22,26,29H,14-21H2,1H3. The molecule has 2 aliphatic rings. The molecule has 0 bridgehead atoms. The third-order valence-electron chi connectivity index (χ3n) is 8.55. The first-order valence-corrected chi connectivity index (χ1v) is 14.4. The average Bonchev–Trinajstić information content (AvgIpc) is 3.41. The van der Waals surface area contributed by atoms with Crippen molar-refractivity contribution in [3.05, 3.63) is 106 Å². The predicted octanol–water partition coefficient (Wildman–Crippen LogP) is 6.59. The number of piperidine rings is 1. The first-order chi connectivity index (χ1) is 18.9. The van der Waals surface area contributed by atoms with Crippen molar-refractivity contribution in [3.8, 4) is 0 Å². The van der Waals surface area contributed by atoms with Crippen LogP contribution in [0.15, 0.2) is 78.9 Å². The number of halogens is 2. The number of esters is 1. The number of rotatable bonds is 7. The Bertz CT molecular complexity index is 1290. The fourth-order valence-corrected chi connectivity index (χ4v) is 6.68. The second-order valence-corrected chi connectivity index (χ2v) is 11.4. The number of benzene rings is 3. The minimum atomic E-state index is -0.613. The molecule has 1 amide bonds. The molecule has 5 rings (SSSR count). The maximum atomic E-state index is 13.6. The molecule has 0 aliphatic carbocycles. The number of likely N-dealkylation sites (tertiary alicyclic amines) is 2. The van der Waals surface area contributed by atoms with Crippen molar-refractivity contribution in [1.82, 2.24) is 9.80 Å². The summed E-state index contributed by atoms with van der Waals surface area (Å²) in [5, 5.41) is 1.07. The quantitative estimate of drug-likeness (QED) is 0.304. The van der Waals surface area contributed by atoms with Crippen molar-refractivity contribution < 1.29 is 14.3 Å². The van der Waals surface area contributed by atoms with Gasteiger partial charge >= 0.3 is 5.97 Å². The van der Waals surface area contributed by atoms with Crippen molar-refractivity contribution >= 4 is 35.1 Å². The molecular weight excluding hydrogens is 531 g/mol. The molecule has 2 fully saturated rings. The molecule has 39 heavy (non-hydrogen) atoms. The fraction of sp³-hybridized carbons (Fsp3) is 0.375. The number of carbonyl (C=O) groups excluding carboxylic acids is 2. The van der Waals surface area contributed by atoms with Gasteiger partial charge in [0.15, 0.2) is 0 Å². The molecule has 204 valence electrons. The summed E-state index contributed by atoms with van der Waals surface area (Å²) in [6.45, 7) is 3.12. The van der Waals surface area contributed by atoms with E-state index in [1.54, 1.807) is 0 Å². The van der Waals surface area contributed by atoms with Crippen LogP contribution in [0.25, 0.3) is 0 Å². The lowest BCUT2D eigenvalue weighted by molar-refractivity contribution is -0.149. The van der Waals surface area contributed by atoms with Crippen LogP contribution in [0.2, 0.25) is 10.0 Å². The van der Waals surface area contributed by atoms with Gasteiger partial charge in [-0.25, -0.2) is 0 Å². The minimum absolute atomic E-state index is 0.0383. The topological polar surface area (TPSA) is 49.9 Å². The summed E-state index contributed by atoms with van der Waals surface area (Å²) < 4.78 is 5.27. The van der Waals surface area contributed by atoms with E-state index in [2.05, 4.69) is 4.90 Å². The Balaban J connectivity index is 1.33. The predicted molar refractivity (Wildman–Crippen MR) is 156 cm³/mol. The molecule has 3 aromatic rings. The molecule has 7 heteroatoms. The van der Waals surface area contributed by atoms with Crippen LogP contribution < -0.4 is 0 Å². The van der Waals surface area contributed by atoms with Gasteiger partial charge in [0.2, 0.25) is 0 Å². The summed E-state index contributed by atoms with van der Waals surface area (Å²) in [4.78, 5) is 31.0. The Morgan fingerprint density at radius 2 is 1.56 bits per heavy atom. The summed E-state index contributed by atoms with van der Waals surface area (Å²) >= 11 is 12.6. The lowest BCUT2D eigenvalue weighted by Gasteiger charge is -2.41. The normalized spacial score (nSPS) is 21.1. The third kappa shape index (κ3) is 5.72. The summed E-state index contributed by atoms with van der Waals surface area (Å²) in [6.07, 6.45) is 3.12. The highest BCUT2D eigenvalue weighted by molar-refractivity contribution is 6.42. The zero-order valence-corrected chi connectivity index (χ0v) is 23.7. The Morgan fingerprint density at radius 3 is 2.21 bits per heavy atom. The highest BCUT2D eigenvalue weighted by Gasteiger charge is 2.44. The Labute approximate surface area is 240 Å². The van der Waals surface area contributed by atoms with Gasteiger partial charge in [-0.3, -0.25) is 9.59 Å². The largest absolute Gasteiger partial charge is 0.468 e. The maximum Gasteiger partial charge on any atom is 0.316 e. The molecule has 0 radical (unpaired) electrons. The lowest BCUT2D eigenvalue weighted by Crippen LogP contribution is -2.49. The van der Waals surface area contributed by atoms with Gasteiger partial charge in [-0.2, -0.15) is 0 Å². The molecule has 2 atom stereocenters. The first kappa shape index (κ1) is 27.7. The van der Waals surface area contributed by atoms with Gasteiger partial charge in [0.25, 0.3) is 5.91 Å². The van der Waals surface area contributed by atoms with Gasteiger partial charge in [0.05, 0.1) is 22.6 Å². The van der Waals surface area contributed by atoms with E-state index in [-0.39, 0.29) is 23.8 Å². The van der Waals surface area contributed by atoms with Gasteiger partial charge in [-0.05, 0) is 74.2 Å². The lowest BCUT2D eigenvalue weighted by atomic mass is 9.72. The molecule has 0 saturated carbocycles. The molecule has 2 aliphatic heterocycles. The SMILES string of the molecule is COC(=O)C1(c2ccccc2)CCN(CCC2C(c3ccc(Cl)c(Cl)c3)CCN2C(=O)c2ccccc2)CC1. The number of hydrogen-bond donors (Lipinski definition) is 0. The van der Waals surface area contributed by atoms with Gasteiger partial charge in [-0.1, -0.05) is 77.8 Å². The zero-order chi connectivity index (χ0) is 27.4. The highest BCUT2D eigenvalue weighted by Crippen LogP contribution is 2.40. The zero-order valence-electron chi connectivity index (χ0n) is 22.2. The van der Waals surface area contributed by atoms with E-state index in [4.69, 9.17) is 27.9 Å². The van der Waals surface area contributed by atoms with E-state index >= 15 is 0 Å². The molecule has 2 saturated heterocycles. The van der Waals surface area contributed by atoms with Gasteiger partial charge in [-0.15, -0.1) is 0 Å². The molecule has 5 nitrogen and oxygen atoms in total. The first-order valence-electron chi connectivity index (χ1n) is 13.6. The van der Waals surface area contributed by atoms with Crippen molar-refractivity contribution in [2.24, 2.45) is 0 Å². The minimum Gasteiger partial charge on any atom is -0.468 e. The number of methoxy groups -OCH3 is 1. The van der Waals surface area contributed by atoms with Gasteiger partial charge < -0.3 is 14.5 Å². The summed E-state index contributed by atoms with van der Waals surface area (Å²) in [5.41, 5.74) is 2.23. The van der Waals surface area contributed by atoms with Crippen molar-refractivity contribution in [3.63, 3.8) is 0 Å². The summed E-state index contributed by atoms with van der Waals surface area (Å²) in [5.74, 6) is 0.0785. The Kier molecular flexibility index (Phi) is 8.61. The van der Waals surface area contributed by atoms with Crippen LogP contribution in [0.5, 0.6) is 0 Å². The second-order valence-electron chi connectivity index (χ2n) is 10.6. The summed E-state index contributed by atoms with van der Waals surface area (Å²) in [7, 11) is 1.47. The Morgan fingerprint density at radius 1 is 0.897 bits per heavy atom. The van der Waals surface area contributed by atoms with Crippen molar-refractivity contribution in [2.75, 3.05) is 33.3 Å². The number of ether oxygens (including phenoxy) is 1. The highest BCUT2D eigenvalue weighted by atomic mass is 35.5. The number of hydrogen-bond acceptors (Lipinski definition) is 4. The van der Waals surface area contributed by atoms with Crippen molar-refractivity contribution in [1.29, 1.82) is 0 Å². The van der Waals surface area contributed by atoms with E-state index in [1.807, 2.05) is 83.8 Å². The molecule has 2 unspecified atom stereocenters. The smallest absolute Gasteiger partial charge is 0.316 e. The van der Waals surface area contributed by atoms with E-state index in [1.165, 1.54) is 7.11 Å². The monoisotopic (exact) mass is 564 g/mol.